The van der Waals surface area contributed by atoms with Gasteiger partial charge in [0.2, 0.25) is 11.8 Å². The third kappa shape index (κ3) is 5.16. The van der Waals surface area contributed by atoms with Crippen LogP contribution in [0.3, 0.4) is 0 Å². The molecule has 2 N–H and O–H groups in total. The second kappa shape index (κ2) is 10.1. The zero-order chi connectivity index (χ0) is 24.3. The zero-order valence-electron chi connectivity index (χ0n) is 20.1. The van der Waals surface area contributed by atoms with Gasteiger partial charge in [0.05, 0.1) is 5.60 Å². The van der Waals surface area contributed by atoms with Gasteiger partial charge in [-0.3, -0.25) is 9.59 Å². The molecule has 4 rings (SSSR count). The van der Waals surface area contributed by atoms with Crippen molar-refractivity contribution in [2.75, 3.05) is 13.1 Å². The van der Waals surface area contributed by atoms with Crippen LogP contribution in [-0.4, -0.2) is 41.0 Å². The molecule has 182 valence electrons. The maximum atomic E-state index is 13.7. The highest BCUT2D eigenvalue weighted by atomic mass is 35.5. The van der Waals surface area contributed by atoms with E-state index in [9.17, 15) is 14.7 Å². The van der Waals surface area contributed by atoms with Gasteiger partial charge in [0.1, 0.15) is 6.04 Å². The van der Waals surface area contributed by atoms with E-state index in [2.05, 4.69) is 5.32 Å². The first-order chi connectivity index (χ1) is 16.2. The molecule has 2 fully saturated rings. The molecule has 1 heterocycles. The van der Waals surface area contributed by atoms with Crippen LogP contribution in [-0.2, 0) is 21.6 Å². The molecule has 0 aromatic heterocycles. The number of nitrogens with zero attached hydrogens (tertiary/aromatic N) is 1. The molecule has 2 aromatic rings. The third-order valence-electron chi connectivity index (χ3n) is 7.71. The quantitative estimate of drug-likeness (QED) is 0.626. The normalized spacial score (nSPS) is 23.5. The van der Waals surface area contributed by atoms with Crippen LogP contribution in [0.25, 0.3) is 0 Å². The number of amides is 2. The summed E-state index contributed by atoms with van der Waals surface area (Å²) in [6.07, 6.45) is 4.79. The van der Waals surface area contributed by atoms with Crippen LogP contribution in [0.2, 0.25) is 5.02 Å². The van der Waals surface area contributed by atoms with Crippen molar-refractivity contribution in [1.29, 1.82) is 0 Å². The Kier molecular flexibility index (Phi) is 7.34. The minimum atomic E-state index is -1.07. The van der Waals surface area contributed by atoms with Gasteiger partial charge in [0.15, 0.2) is 0 Å². The fourth-order valence-electron chi connectivity index (χ4n) is 5.52. The summed E-state index contributed by atoms with van der Waals surface area (Å²) in [6, 6.07) is 16.5. The van der Waals surface area contributed by atoms with Gasteiger partial charge >= 0.3 is 0 Å². The lowest BCUT2D eigenvalue weighted by atomic mass is 9.66. The van der Waals surface area contributed by atoms with Crippen LogP contribution in [0.15, 0.2) is 54.6 Å². The van der Waals surface area contributed by atoms with Crippen molar-refractivity contribution < 1.29 is 14.7 Å². The highest BCUT2D eigenvalue weighted by Crippen LogP contribution is 2.46. The minimum Gasteiger partial charge on any atom is -0.384 e. The topological polar surface area (TPSA) is 69.6 Å². The fourth-order valence-corrected chi connectivity index (χ4v) is 5.64. The fraction of sp³-hybridized carbons (Fsp3) is 0.500. The Labute approximate surface area is 207 Å². The van der Waals surface area contributed by atoms with E-state index in [1.54, 1.807) is 12.1 Å². The van der Waals surface area contributed by atoms with Gasteiger partial charge in [-0.25, -0.2) is 0 Å². The molecular weight excluding hydrogens is 448 g/mol. The van der Waals surface area contributed by atoms with Gasteiger partial charge in [-0.1, -0.05) is 80.8 Å². The minimum absolute atomic E-state index is 0.00105. The average Bonchev–Trinajstić information content (AvgIpc) is 3.36. The van der Waals surface area contributed by atoms with Crippen LogP contribution < -0.4 is 5.32 Å². The number of aliphatic hydroxyl groups is 1. The molecule has 5 nitrogen and oxygen atoms in total. The number of rotatable bonds is 6. The molecule has 1 saturated heterocycles. The van der Waals surface area contributed by atoms with Gasteiger partial charge in [-0.05, 0) is 42.5 Å². The molecule has 0 spiro atoms. The van der Waals surface area contributed by atoms with E-state index in [0.29, 0.717) is 31.0 Å². The Morgan fingerprint density at radius 3 is 2.35 bits per heavy atom. The SMILES string of the molecule is CC1(C)CN(C(=O)[C@@H](Cc2ccccc2)NC(=O)C2CCCC2)CC[C@]1(O)c1ccc(Cl)cc1. The maximum absolute atomic E-state index is 13.7. The van der Waals surface area contributed by atoms with Crippen LogP contribution in [0.4, 0.5) is 0 Å². The van der Waals surface area contributed by atoms with Gasteiger partial charge in [-0.2, -0.15) is 0 Å². The molecule has 1 aliphatic heterocycles. The summed E-state index contributed by atoms with van der Waals surface area (Å²) in [5, 5.41) is 15.4. The molecule has 2 atom stereocenters. The highest BCUT2D eigenvalue weighted by Gasteiger charge is 2.50. The Bertz CT molecular complexity index is 1000. The molecule has 2 amide bonds. The molecule has 1 saturated carbocycles. The summed E-state index contributed by atoms with van der Waals surface area (Å²) in [4.78, 5) is 28.5. The Hall–Kier alpha value is -2.37. The number of piperidine rings is 1. The Morgan fingerprint density at radius 1 is 1.09 bits per heavy atom. The molecular formula is C28H35ClN2O3. The number of carbonyl (C=O) groups is 2. The maximum Gasteiger partial charge on any atom is 0.245 e. The number of likely N-dealkylation sites (tertiary alicyclic amines) is 1. The van der Waals surface area contributed by atoms with Gasteiger partial charge < -0.3 is 15.3 Å². The third-order valence-corrected chi connectivity index (χ3v) is 7.96. The summed E-state index contributed by atoms with van der Waals surface area (Å²) in [5.41, 5.74) is 0.170. The zero-order valence-corrected chi connectivity index (χ0v) is 20.9. The van der Waals surface area contributed by atoms with E-state index in [0.717, 1.165) is 36.8 Å². The predicted octanol–water partition coefficient (Wildman–Crippen LogP) is 4.70. The van der Waals surface area contributed by atoms with E-state index >= 15 is 0 Å². The second-order valence-electron chi connectivity index (χ2n) is 10.5. The van der Waals surface area contributed by atoms with Crippen molar-refractivity contribution in [2.24, 2.45) is 11.3 Å². The van der Waals surface area contributed by atoms with Crippen LogP contribution in [0.5, 0.6) is 0 Å². The van der Waals surface area contributed by atoms with Crippen molar-refractivity contribution in [3.63, 3.8) is 0 Å². The lowest BCUT2D eigenvalue weighted by molar-refractivity contribution is -0.156. The van der Waals surface area contributed by atoms with E-state index < -0.39 is 17.1 Å². The number of halogens is 1. The van der Waals surface area contributed by atoms with E-state index in [4.69, 9.17) is 11.6 Å². The first-order valence-electron chi connectivity index (χ1n) is 12.3. The first kappa shape index (κ1) is 24.7. The van der Waals surface area contributed by atoms with Gasteiger partial charge in [0.25, 0.3) is 0 Å². The molecule has 2 aliphatic rings. The molecule has 0 radical (unpaired) electrons. The number of hydrogen-bond donors (Lipinski definition) is 2. The van der Waals surface area contributed by atoms with Crippen molar-refractivity contribution in [3.05, 3.63) is 70.7 Å². The monoisotopic (exact) mass is 482 g/mol. The van der Waals surface area contributed by atoms with Crippen molar-refractivity contribution in [1.82, 2.24) is 10.2 Å². The second-order valence-corrected chi connectivity index (χ2v) is 10.9. The summed E-state index contributed by atoms with van der Waals surface area (Å²) in [5.74, 6) is -0.0963. The molecule has 0 bridgehead atoms. The molecule has 34 heavy (non-hydrogen) atoms. The summed E-state index contributed by atoms with van der Waals surface area (Å²) >= 11 is 6.05. The van der Waals surface area contributed by atoms with Crippen LogP contribution in [0.1, 0.15) is 57.1 Å². The van der Waals surface area contributed by atoms with E-state index in [1.807, 2.05) is 61.2 Å². The van der Waals surface area contributed by atoms with Gasteiger partial charge in [0, 0.05) is 35.9 Å². The molecule has 2 aromatic carbocycles. The number of nitrogens with one attached hydrogen (secondary N) is 1. The molecule has 6 heteroatoms. The molecule has 1 aliphatic carbocycles. The smallest absolute Gasteiger partial charge is 0.245 e. The summed E-state index contributed by atoms with van der Waals surface area (Å²) in [7, 11) is 0. The van der Waals surface area contributed by atoms with Crippen LogP contribution in [0, 0.1) is 11.3 Å². The average molecular weight is 483 g/mol. The number of hydrogen-bond acceptors (Lipinski definition) is 3. The predicted molar refractivity (Wildman–Crippen MR) is 134 cm³/mol. The highest BCUT2D eigenvalue weighted by molar-refractivity contribution is 6.30. The van der Waals surface area contributed by atoms with Gasteiger partial charge in [-0.15, -0.1) is 0 Å². The Balaban J connectivity index is 1.52. The van der Waals surface area contributed by atoms with Crippen molar-refractivity contribution >= 4 is 23.4 Å². The number of carbonyl (C=O) groups excluding carboxylic acids is 2. The summed E-state index contributed by atoms with van der Waals surface area (Å²) < 4.78 is 0. The van der Waals surface area contributed by atoms with E-state index in [-0.39, 0.29) is 17.7 Å². The molecule has 0 unspecified atom stereocenters. The first-order valence-corrected chi connectivity index (χ1v) is 12.7. The summed E-state index contributed by atoms with van der Waals surface area (Å²) in [6.45, 7) is 4.80. The lowest BCUT2D eigenvalue weighted by Gasteiger charge is -2.51. The standard InChI is InChI=1S/C28H35ClN2O3/c1-27(2)19-31(17-16-28(27,34)22-12-14-23(29)15-13-22)26(33)24(18-20-8-4-3-5-9-20)30-25(32)21-10-6-7-11-21/h3-5,8-9,12-15,21,24,34H,6-7,10-11,16-19H2,1-2H3,(H,30,32)/t24-,28+/m1/s1. The van der Waals surface area contributed by atoms with Crippen LogP contribution >= 0.6 is 11.6 Å². The van der Waals surface area contributed by atoms with Crippen molar-refractivity contribution in [3.8, 4) is 0 Å². The number of benzene rings is 2. The lowest BCUT2D eigenvalue weighted by Crippen LogP contribution is -2.60. The van der Waals surface area contributed by atoms with Crippen molar-refractivity contribution in [2.45, 2.75) is 64.0 Å². The van der Waals surface area contributed by atoms with E-state index in [1.165, 1.54) is 0 Å². The Morgan fingerprint density at radius 2 is 1.74 bits per heavy atom. The largest absolute Gasteiger partial charge is 0.384 e.